The first-order valence-corrected chi connectivity index (χ1v) is 3.58. The average Bonchev–Trinajstić information content (AvgIpc) is 2.36. The zero-order valence-electron chi connectivity index (χ0n) is 6.42. The predicted molar refractivity (Wildman–Crippen MR) is 41.7 cm³/mol. The van der Waals surface area contributed by atoms with Gasteiger partial charge in [-0.05, 0) is 13.3 Å². The number of carbonyl (C=O) groups excluding carboxylic acids is 1. The third-order valence-corrected chi connectivity index (χ3v) is 1.97. The molecule has 1 rings (SSSR count). The fourth-order valence-electron chi connectivity index (χ4n) is 1.05. The summed E-state index contributed by atoms with van der Waals surface area (Å²) >= 11 is 0. The van der Waals surface area contributed by atoms with Crippen LogP contribution in [0.4, 0.5) is 0 Å². The van der Waals surface area contributed by atoms with Crippen molar-refractivity contribution >= 4 is 5.78 Å². The van der Waals surface area contributed by atoms with E-state index in [9.17, 15) is 4.79 Å². The van der Waals surface area contributed by atoms with E-state index in [4.69, 9.17) is 0 Å². The lowest BCUT2D eigenvalue weighted by Crippen LogP contribution is -2.07. The number of rotatable bonds is 2. The molecule has 0 saturated carbocycles. The van der Waals surface area contributed by atoms with Crippen molar-refractivity contribution in [3.63, 3.8) is 0 Å². The minimum atomic E-state index is 0.120. The molecule has 0 aromatic heterocycles. The zero-order chi connectivity index (χ0) is 7.56. The molecule has 1 nitrogen and oxygen atoms in total. The van der Waals surface area contributed by atoms with E-state index < -0.39 is 0 Å². The van der Waals surface area contributed by atoms with Crippen LogP contribution in [0.25, 0.3) is 0 Å². The third kappa shape index (κ3) is 1.35. The predicted octanol–water partition coefficient (Wildman–Crippen LogP) is 2.10. The van der Waals surface area contributed by atoms with Crippen LogP contribution in [-0.2, 0) is 4.79 Å². The molecule has 0 heterocycles. The van der Waals surface area contributed by atoms with Crippen molar-refractivity contribution in [2.24, 2.45) is 5.92 Å². The molecule has 1 aliphatic rings. The van der Waals surface area contributed by atoms with Gasteiger partial charge in [-0.15, -0.1) is 0 Å². The van der Waals surface area contributed by atoms with Crippen molar-refractivity contribution in [2.45, 2.75) is 20.3 Å². The molecule has 1 aliphatic carbocycles. The Morgan fingerprint density at radius 2 is 2.40 bits per heavy atom. The van der Waals surface area contributed by atoms with E-state index in [1.165, 1.54) is 5.57 Å². The van der Waals surface area contributed by atoms with Gasteiger partial charge in [-0.1, -0.05) is 30.7 Å². The van der Waals surface area contributed by atoms with E-state index in [-0.39, 0.29) is 11.7 Å². The van der Waals surface area contributed by atoms with Gasteiger partial charge in [0.05, 0.1) is 0 Å². The second kappa shape index (κ2) is 2.82. The van der Waals surface area contributed by atoms with Gasteiger partial charge >= 0.3 is 0 Å². The molecule has 0 aliphatic heterocycles. The normalized spacial score (nSPS) is 18.8. The van der Waals surface area contributed by atoms with Crippen LogP contribution in [0.3, 0.4) is 0 Å². The van der Waals surface area contributed by atoms with Crippen LogP contribution >= 0.6 is 0 Å². The summed E-state index contributed by atoms with van der Waals surface area (Å²) < 4.78 is 0. The molecule has 0 amide bonds. The highest BCUT2D eigenvalue weighted by atomic mass is 16.1. The maximum atomic E-state index is 10.9. The van der Waals surface area contributed by atoms with Crippen LogP contribution in [0.1, 0.15) is 20.3 Å². The molecule has 0 aromatic carbocycles. The van der Waals surface area contributed by atoms with Crippen molar-refractivity contribution in [1.82, 2.24) is 0 Å². The van der Waals surface area contributed by atoms with Gasteiger partial charge in [-0.25, -0.2) is 0 Å². The summed E-state index contributed by atoms with van der Waals surface area (Å²) in [5.41, 5.74) is 1.24. The molecule has 1 heteroatoms. The second-order valence-corrected chi connectivity index (χ2v) is 2.71. The Morgan fingerprint density at radius 3 is 2.80 bits per heavy atom. The molecule has 1 atom stereocenters. The largest absolute Gasteiger partial charge is 0.299 e. The highest BCUT2D eigenvalue weighted by Gasteiger charge is 2.12. The van der Waals surface area contributed by atoms with Crippen LogP contribution in [0.2, 0.25) is 0 Å². The van der Waals surface area contributed by atoms with E-state index >= 15 is 0 Å². The first-order chi connectivity index (χ1) is 4.72. The highest BCUT2D eigenvalue weighted by molar-refractivity contribution is 5.81. The van der Waals surface area contributed by atoms with Gasteiger partial charge in [0.1, 0.15) is 5.78 Å². The molecule has 0 saturated heterocycles. The van der Waals surface area contributed by atoms with Crippen molar-refractivity contribution in [1.29, 1.82) is 0 Å². The number of carbonyl (C=O) groups is 1. The SMILES string of the molecule is CC(=O)C(C)C1=CC=CC1. The molecule has 0 bridgehead atoms. The summed E-state index contributed by atoms with van der Waals surface area (Å²) in [5, 5.41) is 0. The Bertz CT molecular complexity index is 199. The quantitative estimate of drug-likeness (QED) is 0.568. The molecule has 0 spiro atoms. The Balaban J connectivity index is 2.59. The van der Waals surface area contributed by atoms with E-state index in [0.29, 0.717) is 0 Å². The van der Waals surface area contributed by atoms with Gasteiger partial charge < -0.3 is 0 Å². The van der Waals surface area contributed by atoms with Gasteiger partial charge in [0.15, 0.2) is 0 Å². The molecule has 0 fully saturated rings. The van der Waals surface area contributed by atoms with Gasteiger partial charge in [-0.2, -0.15) is 0 Å². The maximum Gasteiger partial charge on any atom is 0.136 e. The summed E-state index contributed by atoms with van der Waals surface area (Å²) in [5.74, 6) is 0.380. The van der Waals surface area contributed by atoms with Crippen LogP contribution in [0.15, 0.2) is 23.8 Å². The van der Waals surface area contributed by atoms with E-state index in [1.54, 1.807) is 6.92 Å². The lowest BCUT2D eigenvalue weighted by atomic mass is 9.97. The number of allylic oxidation sites excluding steroid dienone is 4. The van der Waals surface area contributed by atoms with Crippen LogP contribution < -0.4 is 0 Å². The first kappa shape index (κ1) is 7.26. The first-order valence-electron chi connectivity index (χ1n) is 3.58. The van der Waals surface area contributed by atoms with Gasteiger partial charge in [0, 0.05) is 5.92 Å². The van der Waals surface area contributed by atoms with Crippen LogP contribution in [-0.4, -0.2) is 5.78 Å². The zero-order valence-corrected chi connectivity index (χ0v) is 6.42. The van der Waals surface area contributed by atoms with E-state index in [0.717, 1.165) is 6.42 Å². The van der Waals surface area contributed by atoms with Crippen molar-refractivity contribution < 1.29 is 4.79 Å². The molecule has 1 unspecified atom stereocenters. The fourth-order valence-corrected chi connectivity index (χ4v) is 1.05. The minimum Gasteiger partial charge on any atom is -0.299 e. The van der Waals surface area contributed by atoms with E-state index in [1.807, 2.05) is 19.1 Å². The molecular weight excluding hydrogens is 124 g/mol. The standard InChI is InChI=1S/C9H12O/c1-7(8(2)10)9-5-3-4-6-9/h3-5,7H,6H2,1-2H3. The fraction of sp³-hybridized carbons (Fsp3) is 0.444. The summed E-state index contributed by atoms with van der Waals surface area (Å²) in [6.07, 6.45) is 7.08. The molecular formula is C9H12O. The number of hydrogen-bond acceptors (Lipinski definition) is 1. The van der Waals surface area contributed by atoms with Crippen molar-refractivity contribution in [3.8, 4) is 0 Å². The van der Waals surface area contributed by atoms with Crippen LogP contribution in [0, 0.1) is 5.92 Å². The average molecular weight is 136 g/mol. The molecule has 10 heavy (non-hydrogen) atoms. The summed E-state index contributed by atoms with van der Waals surface area (Å²) in [7, 11) is 0. The Labute approximate surface area is 61.4 Å². The maximum absolute atomic E-state index is 10.9. The molecule has 0 radical (unpaired) electrons. The summed E-state index contributed by atoms with van der Waals surface area (Å²) in [6.45, 7) is 3.60. The Hall–Kier alpha value is -0.850. The Morgan fingerprint density at radius 1 is 1.70 bits per heavy atom. The van der Waals surface area contributed by atoms with Crippen molar-refractivity contribution in [2.75, 3.05) is 0 Å². The molecule has 0 N–H and O–H groups in total. The second-order valence-electron chi connectivity index (χ2n) is 2.71. The molecule has 0 aromatic rings. The Kier molecular flexibility index (Phi) is 2.05. The number of hydrogen-bond donors (Lipinski definition) is 0. The smallest absolute Gasteiger partial charge is 0.136 e. The van der Waals surface area contributed by atoms with Crippen LogP contribution in [0.5, 0.6) is 0 Å². The third-order valence-electron chi connectivity index (χ3n) is 1.97. The topological polar surface area (TPSA) is 17.1 Å². The highest BCUT2D eigenvalue weighted by Crippen LogP contribution is 2.20. The minimum absolute atomic E-state index is 0.120. The monoisotopic (exact) mass is 136 g/mol. The molecule has 54 valence electrons. The number of ketones is 1. The van der Waals surface area contributed by atoms with E-state index in [2.05, 4.69) is 6.08 Å². The van der Waals surface area contributed by atoms with Crippen molar-refractivity contribution in [3.05, 3.63) is 23.8 Å². The lowest BCUT2D eigenvalue weighted by Gasteiger charge is -2.06. The lowest BCUT2D eigenvalue weighted by molar-refractivity contribution is -0.119. The number of Topliss-reactive ketones (excluding diaryl/α,β-unsaturated/α-hetero) is 1. The summed E-state index contributed by atoms with van der Waals surface area (Å²) in [4.78, 5) is 10.9. The van der Waals surface area contributed by atoms with Gasteiger partial charge in [0.2, 0.25) is 0 Å². The summed E-state index contributed by atoms with van der Waals surface area (Å²) in [6, 6.07) is 0. The van der Waals surface area contributed by atoms with Gasteiger partial charge in [0.25, 0.3) is 0 Å². The van der Waals surface area contributed by atoms with Gasteiger partial charge in [-0.3, -0.25) is 4.79 Å².